The molecule has 4 nitrogen and oxygen atoms in total. The number of hydrogen-bond donors (Lipinski definition) is 0. The summed E-state index contributed by atoms with van der Waals surface area (Å²) < 4.78 is 2.08. The zero-order valence-corrected chi connectivity index (χ0v) is 16.3. The Labute approximate surface area is 162 Å². The van der Waals surface area contributed by atoms with Gasteiger partial charge >= 0.3 is 0 Å². The predicted octanol–water partition coefficient (Wildman–Crippen LogP) is 5.03. The molecule has 0 bridgehead atoms. The van der Waals surface area contributed by atoms with Crippen molar-refractivity contribution in [3.8, 4) is 0 Å². The predicted molar refractivity (Wildman–Crippen MR) is 110 cm³/mol. The lowest BCUT2D eigenvalue weighted by molar-refractivity contribution is -0.123. The van der Waals surface area contributed by atoms with Gasteiger partial charge in [0.15, 0.2) is 0 Å². The lowest BCUT2D eigenvalue weighted by atomic mass is 10.0. The van der Waals surface area contributed by atoms with E-state index < -0.39 is 0 Å². The molecule has 1 fully saturated rings. The van der Waals surface area contributed by atoms with Gasteiger partial charge in [0.25, 0.3) is 11.1 Å². The van der Waals surface area contributed by atoms with Crippen molar-refractivity contribution < 1.29 is 9.59 Å². The number of nitrogens with zero attached hydrogens (tertiary/aromatic N) is 2. The number of rotatable bonds is 3. The number of imide groups is 1. The highest BCUT2D eigenvalue weighted by Crippen LogP contribution is 2.35. The van der Waals surface area contributed by atoms with Crippen molar-refractivity contribution in [1.29, 1.82) is 0 Å². The fourth-order valence-electron chi connectivity index (χ4n) is 3.41. The van der Waals surface area contributed by atoms with E-state index in [1.807, 2.05) is 75.5 Å². The van der Waals surface area contributed by atoms with Gasteiger partial charge in [-0.05, 0) is 59.7 Å². The number of amides is 2. The maximum absolute atomic E-state index is 12.9. The Bertz CT molecular complexity index is 1110. The van der Waals surface area contributed by atoms with E-state index in [-0.39, 0.29) is 17.7 Å². The number of benzene rings is 2. The summed E-state index contributed by atoms with van der Waals surface area (Å²) >= 11 is 1.01. The molecule has 1 aliphatic heterocycles. The standard InChI is InChI=1S/C22H20N2O2S/c1-14-11-18(15(2)23(14)3)12-20-21(25)24(22(26)27-20)13-17-9-6-8-16-7-4-5-10-19(16)17/h4-12H,13H2,1-3H3/b20-12+. The van der Waals surface area contributed by atoms with Gasteiger partial charge in [0, 0.05) is 18.4 Å². The van der Waals surface area contributed by atoms with Crippen LogP contribution in [0.25, 0.3) is 16.8 Å². The van der Waals surface area contributed by atoms with E-state index in [1.165, 1.54) is 4.90 Å². The van der Waals surface area contributed by atoms with E-state index in [0.717, 1.165) is 45.0 Å². The van der Waals surface area contributed by atoms with Crippen LogP contribution in [0.15, 0.2) is 53.4 Å². The molecule has 2 aromatic carbocycles. The quantitative estimate of drug-likeness (QED) is 0.602. The van der Waals surface area contributed by atoms with Crippen LogP contribution in [0.5, 0.6) is 0 Å². The van der Waals surface area contributed by atoms with Crippen LogP contribution in [0.3, 0.4) is 0 Å². The maximum Gasteiger partial charge on any atom is 0.293 e. The number of hydrogen-bond acceptors (Lipinski definition) is 3. The van der Waals surface area contributed by atoms with Crippen LogP contribution in [0.2, 0.25) is 0 Å². The molecule has 136 valence electrons. The van der Waals surface area contributed by atoms with Crippen molar-refractivity contribution in [1.82, 2.24) is 9.47 Å². The van der Waals surface area contributed by atoms with Crippen LogP contribution in [0.1, 0.15) is 22.5 Å². The van der Waals surface area contributed by atoms with Crippen molar-refractivity contribution in [2.24, 2.45) is 7.05 Å². The van der Waals surface area contributed by atoms with Gasteiger partial charge in [0.05, 0.1) is 11.4 Å². The van der Waals surface area contributed by atoms with Gasteiger partial charge in [0.2, 0.25) is 0 Å². The smallest absolute Gasteiger partial charge is 0.293 e. The first-order chi connectivity index (χ1) is 13.0. The molecule has 0 atom stereocenters. The highest BCUT2D eigenvalue weighted by Gasteiger charge is 2.35. The Morgan fingerprint density at radius 2 is 1.78 bits per heavy atom. The number of fused-ring (bicyclic) bond motifs is 1. The van der Waals surface area contributed by atoms with Gasteiger partial charge in [-0.25, -0.2) is 0 Å². The fraction of sp³-hybridized carbons (Fsp3) is 0.182. The molecule has 5 heteroatoms. The molecule has 3 aromatic rings. The molecule has 1 saturated heterocycles. The molecule has 0 saturated carbocycles. The number of thioether (sulfide) groups is 1. The summed E-state index contributed by atoms with van der Waals surface area (Å²) in [5.74, 6) is -0.223. The molecule has 1 aromatic heterocycles. The number of aromatic nitrogens is 1. The first-order valence-electron chi connectivity index (χ1n) is 8.80. The second-order valence-electron chi connectivity index (χ2n) is 6.79. The van der Waals surface area contributed by atoms with E-state index in [4.69, 9.17) is 0 Å². The first-order valence-corrected chi connectivity index (χ1v) is 9.62. The Balaban J connectivity index is 1.65. The summed E-state index contributed by atoms with van der Waals surface area (Å²) in [6, 6.07) is 16.0. The molecule has 0 radical (unpaired) electrons. The fourth-order valence-corrected chi connectivity index (χ4v) is 4.24. The Hall–Kier alpha value is -2.79. The van der Waals surface area contributed by atoms with E-state index in [9.17, 15) is 9.59 Å². The van der Waals surface area contributed by atoms with Crippen LogP contribution in [-0.4, -0.2) is 20.6 Å². The largest absolute Gasteiger partial charge is 0.352 e. The second-order valence-corrected chi connectivity index (χ2v) is 7.78. The maximum atomic E-state index is 12.9. The first kappa shape index (κ1) is 17.6. The molecule has 4 rings (SSSR count). The van der Waals surface area contributed by atoms with E-state index >= 15 is 0 Å². The summed E-state index contributed by atoms with van der Waals surface area (Å²) in [7, 11) is 1.99. The topological polar surface area (TPSA) is 42.3 Å². The zero-order chi connectivity index (χ0) is 19.1. The molecular formula is C22H20N2O2S. The Morgan fingerprint density at radius 3 is 2.52 bits per heavy atom. The van der Waals surface area contributed by atoms with Crippen LogP contribution < -0.4 is 0 Å². The van der Waals surface area contributed by atoms with Crippen molar-refractivity contribution in [2.45, 2.75) is 20.4 Å². The van der Waals surface area contributed by atoms with Gasteiger partial charge < -0.3 is 4.57 Å². The van der Waals surface area contributed by atoms with E-state index in [1.54, 1.807) is 0 Å². The summed E-state index contributed by atoms with van der Waals surface area (Å²) in [5, 5.41) is 1.95. The summed E-state index contributed by atoms with van der Waals surface area (Å²) in [4.78, 5) is 27.2. The van der Waals surface area contributed by atoms with E-state index in [2.05, 4.69) is 4.57 Å². The molecule has 0 aliphatic carbocycles. The van der Waals surface area contributed by atoms with Crippen molar-refractivity contribution >= 4 is 39.8 Å². The number of aryl methyl sites for hydroxylation is 1. The molecule has 0 N–H and O–H groups in total. The van der Waals surface area contributed by atoms with Gasteiger partial charge in [-0.1, -0.05) is 42.5 Å². The van der Waals surface area contributed by atoms with Gasteiger partial charge in [0.1, 0.15) is 0 Å². The van der Waals surface area contributed by atoms with Crippen molar-refractivity contribution in [3.63, 3.8) is 0 Å². The Morgan fingerprint density at radius 1 is 1.04 bits per heavy atom. The number of carbonyl (C=O) groups excluding carboxylic acids is 2. The lowest BCUT2D eigenvalue weighted by Gasteiger charge is -2.14. The van der Waals surface area contributed by atoms with Gasteiger partial charge in [-0.3, -0.25) is 14.5 Å². The minimum absolute atomic E-state index is 0.218. The summed E-state index contributed by atoms with van der Waals surface area (Å²) in [6.45, 7) is 4.33. The zero-order valence-electron chi connectivity index (χ0n) is 15.5. The average Bonchev–Trinajstić information content (AvgIpc) is 3.06. The van der Waals surface area contributed by atoms with E-state index in [0.29, 0.717) is 4.91 Å². The lowest BCUT2D eigenvalue weighted by Crippen LogP contribution is -2.27. The van der Waals surface area contributed by atoms with Gasteiger partial charge in [-0.2, -0.15) is 0 Å². The molecule has 2 heterocycles. The third-order valence-corrected chi connectivity index (χ3v) is 6.09. The summed E-state index contributed by atoms with van der Waals surface area (Å²) in [6.07, 6.45) is 1.83. The van der Waals surface area contributed by atoms with Crippen LogP contribution >= 0.6 is 11.8 Å². The molecule has 0 unspecified atom stereocenters. The molecule has 0 spiro atoms. The molecule has 27 heavy (non-hydrogen) atoms. The third kappa shape index (κ3) is 3.08. The average molecular weight is 376 g/mol. The summed E-state index contributed by atoms with van der Waals surface area (Å²) in [5.41, 5.74) is 4.15. The normalized spacial score (nSPS) is 16.1. The molecule has 2 amide bonds. The SMILES string of the molecule is Cc1cc(/C=C2/SC(=O)N(Cc3cccc4ccccc34)C2=O)c(C)n1C. The highest BCUT2D eigenvalue weighted by molar-refractivity contribution is 8.18. The number of carbonyl (C=O) groups is 2. The van der Waals surface area contributed by atoms with Crippen LogP contribution in [0, 0.1) is 13.8 Å². The third-order valence-electron chi connectivity index (χ3n) is 5.18. The van der Waals surface area contributed by atoms with Crippen molar-refractivity contribution in [2.75, 3.05) is 0 Å². The molecule has 1 aliphatic rings. The minimum Gasteiger partial charge on any atom is -0.352 e. The van der Waals surface area contributed by atoms with Crippen molar-refractivity contribution in [3.05, 3.63) is 76.0 Å². The van der Waals surface area contributed by atoms with Gasteiger partial charge in [-0.15, -0.1) is 0 Å². The minimum atomic E-state index is -0.223. The Kier molecular flexibility index (Phi) is 4.40. The molecular weight excluding hydrogens is 356 g/mol. The second kappa shape index (κ2) is 6.74. The monoisotopic (exact) mass is 376 g/mol. The highest BCUT2D eigenvalue weighted by atomic mass is 32.2. The van der Waals surface area contributed by atoms with Crippen LogP contribution in [-0.2, 0) is 18.4 Å². The van der Waals surface area contributed by atoms with Crippen LogP contribution in [0.4, 0.5) is 4.79 Å².